The summed E-state index contributed by atoms with van der Waals surface area (Å²) >= 11 is 0. The van der Waals surface area contributed by atoms with Gasteiger partial charge >= 0.3 is 0 Å². The van der Waals surface area contributed by atoms with Gasteiger partial charge < -0.3 is 20.0 Å². The van der Waals surface area contributed by atoms with E-state index in [9.17, 15) is 4.79 Å². The zero-order valence-electron chi connectivity index (χ0n) is 12.0. The molecule has 0 bridgehead atoms. The van der Waals surface area contributed by atoms with Crippen LogP contribution in [0.1, 0.15) is 25.8 Å². The second-order valence-corrected chi connectivity index (χ2v) is 4.10. The topological polar surface area (TPSA) is 80.2 Å². The van der Waals surface area contributed by atoms with Crippen LogP contribution in [-0.2, 0) is 4.79 Å². The van der Waals surface area contributed by atoms with Gasteiger partial charge in [-0.05, 0) is 26.0 Å². The summed E-state index contributed by atoms with van der Waals surface area (Å²) in [5.74, 6) is 1.08. The van der Waals surface area contributed by atoms with Crippen LogP contribution >= 0.6 is 0 Å². The predicted molar refractivity (Wildman–Crippen MR) is 75.8 cm³/mol. The molecule has 1 amide bonds. The molecule has 0 atom stereocenters. The van der Waals surface area contributed by atoms with E-state index in [2.05, 4.69) is 10.5 Å². The summed E-state index contributed by atoms with van der Waals surface area (Å²) in [7, 11) is 1.56. The van der Waals surface area contributed by atoms with Crippen molar-refractivity contribution in [1.29, 1.82) is 0 Å². The largest absolute Gasteiger partial charge is 0.497 e. The van der Waals surface area contributed by atoms with Crippen LogP contribution in [0.5, 0.6) is 11.5 Å². The molecule has 0 radical (unpaired) electrons. The van der Waals surface area contributed by atoms with Crippen molar-refractivity contribution in [3.63, 3.8) is 0 Å². The van der Waals surface area contributed by atoms with Gasteiger partial charge in [-0.3, -0.25) is 4.79 Å². The number of nitrogens with one attached hydrogen (secondary N) is 1. The van der Waals surface area contributed by atoms with Gasteiger partial charge in [-0.25, -0.2) is 0 Å². The van der Waals surface area contributed by atoms with Crippen molar-refractivity contribution in [3.8, 4) is 11.5 Å². The molecule has 0 saturated carbocycles. The molecule has 0 aliphatic heterocycles. The van der Waals surface area contributed by atoms with Gasteiger partial charge in [0.15, 0.2) is 0 Å². The van der Waals surface area contributed by atoms with E-state index in [-0.39, 0.29) is 18.9 Å². The molecule has 0 aromatic heterocycles. The number of benzene rings is 1. The summed E-state index contributed by atoms with van der Waals surface area (Å²) in [5, 5.41) is 14.7. The van der Waals surface area contributed by atoms with Crippen LogP contribution < -0.4 is 14.8 Å². The van der Waals surface area contributed by atoms with E-state index in [0.717, 1.165) is 0 Å². The van der Waals surface area contributed by atoms with Crippen LogP contribution in [0.4, 0.5) is 0 Å². The first-order chi connectivity index (χ1) is 9.62. The van der Waals surface area contributed by atoms with E-state index in [1.165, 1.54) is 0 Å². The number of amides is 1. The van der Waals surface area contributed by atoms with Gasteiger partial charge in [0.05, 0.1) is 25.8 Å². The van der Waals surface area contributed by atoms with Gasteiger partial charge in [0.1, 0.15) is 11.5 Å². The number of oxime groups is 1. The Hall–Kier alpha value is -2.24. The first-order valence-corrected chi connectivity index (χ1v) is 6.39. The van der Waals surface area contributed by atoms with Crippen LogP contribution in [0.25, 0.3) is 0 Å². The Morgan fingerprint density at radius 3 is 2.80 bits per heavy atom. The van der Waals surface area contributed by atoms with E-state index in [1.807, 2.05) is 6.92 Å². The smallest absolute Gasteiger partial charge is 0.223 e. The molecular formula is C14H20N2O4. The minimum absolute atomic E-state index is 0.0653. The maximum absolute atomic E-state index is 11.4. The van der Waals surface area contributed by atoms with Crippen LogP contribution in [0.15, 0.2) is 23.4 Å². The van der Waals surface area contributed by atoms with Crippen molar-refractivity contribution in [2.24, 2.45) is 5.16 Å². The summed E-state index contributed by atoms with van der Waals surface area (Å²) in [4.78, 5) is 11.4. The van der Waals surface area contributed by atoms with Crippen molar-refractivity contribution in [2.75, 3.05) is 20.3 Å². The number of rotatable bonds is 7. The zero-order chi connectivity index (χ0) is 15.0. The highest BCUT2D eigenvalue weighted by molar-refractivity contribution is 6.00. The maximum Gasteiger partial charge on any atom is 0.223 e. The van der Waals surface area contributed by atoms with E-state index >= 15 is 0 Å². The summed E-state index contributed by atoms with van der Waals surface area (Å²) in [6.07, 6.45) is 0.264. The molecule has 1 rings (SSSR count). The molecule has 0 saturated heterocycles. The van der Waals surface area contributed by atoms with Gasteiger partial charge in [0.2, 0.25) is 5.91 Å². The second-order valence-electron chi connectivity index (χ2n) is 4.10. The third-order valence-corrected chi connectivity index (χ3v) is 2.69. The molecule has 0 heterocycles. The molecule has 6 nitrogen and oxygen atoms in total. The predicted octanol–water partition coefficient (Wildman–Crippen LogP) is 1.80. The molecule has 1 aromatic carbocycles. The maximum atomic E-state index is 11.4. The number of ether oxygens (including phenoxy) is 2. The van der Waals surface area contributed by atoms with Crippen LogP contribution in [0.2, 0.25) is 0 Å². The average Bonchev–Trinajstić information content (AvgIpc) is 2.46. The molecule has 0 unspecified atom stereocenters. The van der Waals surface area contributed by atoms with Gasteiger partial charge in [-0.2, -0.15) is 0 Å². The minimum Gasteiger partial charge on any atom is -0.497 e. The second kappa shape index (κ2) is 8.04. The van der Waals surface area contributed by atoms with Crippen molar-refractivity contribution in [3.05, 3.63) is 23.8 Å². The van der Waals surface area contributed by atoms with E-state index in [0.29, 0.717) is 29.3 Å². The number of carbonyl (C=O) groups excluding carboxylic acids is 1. The Labute approximate surface area is 118 Å². The Balaban J connectivity index is 2.78. The van der Waals surface area contributed by atoms with E-state index in [1.54, 1.807) is 32.2 Å². The highest BCUT2D eigenvalue weighted by Crippen LogP contribution is 2.25. The number of methoxy groups -OCH3 is 1. The van der Waals surface area contributed by atoms with Gasteiger partial charge in [-0.1, -0.05) is 5.16 Å². The number of carbonyl (C=O) groups is 1. The van der Waals surface area contributed by atoms with Crippen LogP contribution in [-0.4, -0.2) is 37.1 Å². The molecule has 6 heteroatoms. The van der Waals surface area contributed by atoms with Gasteiger partial charge in [0, 0.05) is 18.2 Å². The highest BCUT2D eigenvalue weighted by Gasteiger charge is 2.10. The zero-order valence-corrected chi connectivity index (χ0v) is 12.0. The summed E-state index contributed by atoms with van der Waals surface area (Å²) in [6, 6.07) is 5.19. The molecule has 2 N–H and O–H groups in total. The SMILES string of the molecule is CCNC(=O)CCOc1cc(OC)ccc1/C(C)=N/O. The standard InChI is InChI=1S/C14H20N2O4/c1-4-15-14(17)7-8-20-13-9-11(19-3)5-6-12(13)10(2)16-18/h5-6,9,18H,4,7-8H2,1-3H3,(H,15,17)/b16-10+. The number of hydrogen-bond acceptors (Lipinski definition) is 5. The van der Waals surface area contributed by atoms with E-state index in [4.69, 9.17) is 14.7 Å². The Kier molecular flexibility index (Phi) is 6.36. The third kappa shape index (κ3) is 4.46. The number of nitrogens with zero attached hydrogens (tertiary/aromatic N) is 1. The lowest BCUT2D eigenvalue weighted by Crippen LogP contribution is -2.24. The summed E-state index contributed by atoms with van der Waals surface area (Å²) in [6.45, 7) is 4.36. The molecule has 110 valence electrons. The lowest BCUT2D eigenvalue weighted by molar-refractivity contribution is -0.121. The van der Waals surface area contributed by atoms with Gasteiger partial charge in [0.25, 0.3) is 0 Å². The van der Waals surface area contributed by atoms with Gasteiger partial charge in [-0.15, -0.1) is 0 Å². The molecule has 0 fully saturated rings. The fourth-order valence-electron chi connectivity index (χ4n) is 1.64. The van der Waals surface area contributed by atoms with Crippen LogP contribution in [0, 0.1) is 0 Å². The van der Waals surface area contributed by atoms with Crippen molar-refractivity contribution in [1.82, 2.24) is 5.32 Å². The fourth-order valence-corrected chi connectivity index (χ4v) is 1.64. The van der Waals surface area contributed by atoms with Crippen molar-refractivity contribution >= 4 is 11.6 Å². The van der Waals surface area contributed by atoms with Crippen molar-refractivity contribution < 1.29 is 19.5 Å². The average molecular weight is 280 g/mol. The third-order valence-electron chi connectivity index (χ3n) is 2.69. The molecule has 0 spiro atoms. The highest BCUT2D eigenvalue weighted by atomic mass is 16.5. The Bertz CT molecular complexity index is 486. The number of hydrogen-bond donors (Lipinski definition) is 2. The first-order valence-electron chi connectivity index (χ1n) is 6.39. The minimum atomic E-state index is -0.0653. The monoisotopic (exact) mass is 280 g/mol. The summed E-state index contributed by atoms with van der Waals surface area (Å²) < 4.78 is 10.7. The lowest BCUT2D eigenvalue weighted by atomic mass is 10.1. The molecule has 20 heavy (non-hydrogen) atoms. The molecule has 1 aromatic rings. The molecule has 0 aliphatic rings. The fraction of sp³-hybridized carbons (Fsp3) is 0.429. The summed E-state index contributed by atoms with van der Waals surface area (Å²) in [5.41, 5.74) is 1.09. The van der Waals surface area contributed by atoms with Crippen molar-refractivity contribution in [2.45, 2.75) is 20.3 Å². The first kappa shape index (κ1) is 15.8. The lowest BCUT2D eigenvalue weighted by Gasteiger charge is -2.12. The molecule has 0 aliphatic carbocycles. The Morgan fingerprint density at radius 2 is 2.20 bits per heavy atom. The normalized spacial score (nSPS) is 11.1. The quantitative estimate of drug-likeness (QED) is 0.453. The van der Waals surface area contributed by atoms with E-state index < -0.39 is 0 Å². The molecular weight excluding hydrogens is 260 g/mol. The van der Waals surface area contributed by atoms with Crippen LogP contribution in [0.3, 0.4) is 0 Å². The Morgan fingerprint density at radius 1 is 1.45 bits per heavy atom.